The van der Waals surface area contributed by atoms with Gasteiger partial charge in [0.05, 0.1) is 12.7 Å². The molecular weight excluding hydrogens is 228 g/mol. The summed E-state index contributed by atoms with van der Waals surface area (Å²) in [5.74, 6) is 0. The molecule has 2 rings (SSSR count). The summed E-state index contributed by atoms with van der Waals surface area (Å²) in [6.07, 6.45) is 1.78. The Labute approximate surface area is 85.3 Å². The van der Waals surface area contributed by atoms with Crippen molar-refractivity contribution in [3.63, 3.8) is 0 Å². The summed E-state index contributed by atoms with van der Waals surface area (Å²) in [5, 5.41) is 4.18. The molecule has 0 spiro atoms. The Hall–Kier alpha value is -1.09. The number of benzene rings is 1. The SMILES string of the molecule is Brc1ccnn1Cc1ccccc1. The molecule has 0 aliphatic rings. The molecule has 0 unspecified atom stereocenters. The molecule has 0 fully saturated rings. The highest BCUT2D eigenvalue weighted by atomic mass is 79.9. The summed E-state index contributed by atoms with van der Waals surface area (Å²) in [5.41, 5.74) is 1.26. The second kappa shape index (κ2) is 3.75. The van der Waals surface area contributed by atoms with Gasteiger partial charge >= 0.3 is 0 Å². The van der Waals surface area contributed by atoms with Crippen LogP contribution in [-0.2, 0) is 6.54 Å². The van der Waals surface area contributed by atoms with Crippen molar-refractivity contribution in [1.82, 2.24) is 9.78 Å². The molecule has 3 heteroatoms. The Kier molecular flexibility index (Phi) is 2.45. The van der Waals surface area contributed by atoms with Crippen molar-refractivity contribution in [3.8, 4) is 0 Å². The van der Waals surface area contributed by atoms with Gasteiger partial charge in [-0.2, -0.15) is 5.10 Å². The molecule has 66 valence electrons. The highest BCUT2D eigenvalue weighted by Crippen LogP contribution is 2.10. The average Bonchev–Trinajstić information content (AvgIpc) is 2.54. The zero-order valence-electron chi connectivity index (χ0n) is 7.02. The van der Waals surface area contributed by atoms with E-state index in [0.717, 1.165) is 11.1 Å². The molecule has 1 aromatic carbocycles. The van der Waals surface area contributed by atoms with E-state index >= 15 is 0 Å². The maximum Gasteiger partial charge on any atom is 0.104 e. The first kappa shape index (κ1) is 8.51. The van der Waals surface area contributed by atoms with Crippen LogP contribution in [0.15, 0.2) is 47.2 Å². The third-order valence-corrected chi connectivity index (χ3v) is 2.51. The van der Waals surface area contributed by atoms with Crippen LogP contribution in [0.25, 0.3) is 0 Å². The van der Waals surface area contributed by atoms with Gasteiger partial charge in [-0.15, -0.1) is 0 Å². The van der Waals surface area contributed by atoms with Gasteiger partial charge in [0.1, 0.15) is 4.60 Å². The lowest BCUT2D eigenvalue weighted by atomic mass is 10.2. The summed E-state index contributed by atoms with van der Waals surface area (Å²) in [6, 6.07) is 12.2. The van der Waals surface area contributed by atoms with Crippen LogP contribution in [-0.4, -0.2) is 9.78 Å². The third kappa shape index (κ3) is 1.98. The molecule has 1 aromatic heterocycles. The van der Waals surface area contributed by atoms with Crippen LogP contribution in [0.4, 0.5) is 0 Å². The Balaban J connectivity index is 2.20. The Morgan fingerprint density at radius 3 is 2.54 bits per heavy atom. The van der Waals surface area contributed by atoms with Gasteiger partial charge in [-0.25, -0.2) is 0 Å². The minimum absolute atomic E-state index is 0.814. The van der Waals surface area contributed by atoms with Crippen LogP contribution in [0.5, 0.6) is 0 Å². The lowest BCUT2D eigenvalue weighted by Crippen LogP contribution is -2.00. The predicted octanol–water partition coefficient (Wildman–Crippen LogP) is 2.69. The van der Waals surface area contributed by atoms with E-state index in [9.17, 15) is 0 Å². The standard InChI is InChI=1S/C10H9BrN2/c11-10-6-7-12-13(10)8-9-4-2-1-3-5-9/h1-7H,8H2. The van der Waals surface area contributed by atoms with Gasteiger partial charge in [-0.3, -0.25) is 4.68 Å². The Morgan fingerprint density at radius 2 is 1.92 bits per heavy atom. The van der Waals surface area contributed by atoms with E-state index in [2.05, 4.69) is 33.2 Å². The largest absolute Gasteiger partial charge is 0.254 e. The van der Waals surface area contributed by atoms with E-state index in [1.165, 1.54) is 5.56 Å². The van der Waals surface area contributed by atoms with Crippen LogP contribution < -0.4 is 0 Å². The van der Waals surface area contributed by atoms with Gasteiger partial charge in [-0.05, 0) is 27.6 Å². The molecule has 2 nitrogen and oxygen atoms in total. The highest BCUT2D eigenvalue weighted by Gasteiger charge is 1.98. The first-order chi connectivity index (χ1) is 6.36. The summed E-state index contributed by atoms with van der Waals surface area (Å²) in [7, 11) is 0. The number of rotatable bonds is 2. The maximum absolute atomic E-state index is 4.18. The zero-order valence-corrected chi connectivity index (χ0v) is 8.61. The summed E-state index contributed by atoms with van der Waals surface area (Å²) >= 11 is 3.42. The molecule has 0 saturated heterocycles. The predicted molar refractivity (Wildman–Crippen MR) is 55.5 cm³/mol. The van der Waals surface area contributed by atoms with E-state index < -0.39 is 0 Å². The monoisotopic (exact) mass is 236 g/mol. The van der Waals surface area contributed by atoms with Crippen LogP contribution in [0.2, 0.25) is 0 Å². The van der Waals surface area contributed by atoms with Gasteiger partial charge < -0.3 is 0 Å². The topological polar surface area (TPSA) is 17.8 Å². The summed E-state index contributed by atoms with van der Waals surface area (Å²) < 4.78 is 2.92. The van der Waals surface area contributed by atoms with Gasteiger partial charge in [-0.1, -0.05) is 30.3 Å². The molecule has 0 aliphatic carbocycles. The zero-order chi connectivity index (χ0) is 9.10. The van der Waals surface area contributed by atoms with Crippen LogP contribution in [0, 0.1) is 0 Å². The van der Waals surface area contributed by atoms with Crippen molar-refractivity contribution < 1.29 is 0 Å². The first-order valence-corrected chi connectivity index (χ1v) is 4.87. The summed E-state index contributed by atoms with van der Waals surface area (Å²) in [4.78, 5) is 0. The highest BCUT2D eigenvalue weighted by molar-refractivity contribution is 9.10. The molecule has 13 heavy (non-hydrogen) atoms. The molecule has 0 saturated carbocycles. The molecule has 0 aliphatic heterocycles. The second-order valence-corrected chi connectivity index (χ2v) is 3.61. The van der Waals surface area contributed by atoms with Crippen molar-refractivity contribution in [2.75, 3.05) is 0 Å². The quantitative estimate of drug-likeness (QED) is 0.785. The number of nitrogens with zero attached hydrogens (tertiary/aromatic N) is 2. The second-order valence-electron chi connectivity index (χ2n) is 2.80. The van der Waals surface area contributed by atoms with E-state index in [0.29, 0.717) is 0 Å². The molecule has 0 radical (unpaired) electrons. The molecule has 0 bridgehead atoms. The van der Waals surface area contributed by atoms with Crippen LogP contribution in [0.1, 0.15) is 5.56 Å². The Morgan fingerprint density at radius 1 is 1.15 bits per heavy atom. The lowest BCUT2D eigenvalue weighted by molar-refractivity contribution is 0.672. The Bertz CT molecular complexity index is 381. The van der Waals surface area contributed by atoms with Crippen molar-refractivity contribution in [2.24, 2.45) is 0 Å². The molecule has 0 N–H and O–H groups in total. The van der Waals surface area contributed by atoms with Gasteiger partial charge in [0, 0.05) is 0 Å². The number of halogens is 1. The first-order valence-electron chi connectivity index (χ1n) is 4.07. The van der Waals surface area contributed by atoms with Crippen LogP contribution in [0.3, 0.4) is 0 Å². The van der Waals surface area contributed by atoms with E-state index in [-0.39, 0.29) is 0 Å². The normalized spacial score (nSPS) is 10.2. The average molecular weight is 237 g/mol. The van der Waals surface area contributed by atoms with Crippen molar-refractivity contribution >= 4 is 15.9 Å². The fourth-order valence-corrected chi connectivity index (χ4v) is 1.52. The minimum Gasteiger partial charge on any atom is -0.254 e. The summed E-state index contributed by atoms with van der Waals surface area (Å²) in [6.45, 7) is 0.814. The van der Waals surface area contributed by atoms with E-state index in [1.54, 1.807) is 6.20 Å². The van der Waals surface area contributed by atoms with Gasteiger partial charge in [0.2, 0.25) is 0 Å². The fourth-order valence-electron chi connectivity index (χ4n) is 1.19. The molecule has 0 amide bonds. The number of hydrogen-bond donors (Lipinski definition) is 0. The maximum atomic E-state index is 4.18. The van der Waals surface area contributed by atoms with Crippen LogP contribution >= 0.6 is 15.9 Å². The molecule has 0 atom stereocenters. The smallest absolute Gasteiger partial charge is 0.104 e. The third-order valence-electron chi connectivity index (χ3n) is 1.84. The van der Waals surface area contributed by atoms with Crippen molar-refractivity contribution in [3.05, 3.63) is 52.8 Å². The van der Waals surface area contributed by atoms with Crippen molar-refractivity contribution in [2.45, 2.75) is 6.54 Å². The molecule has 2 aromatic rings. The molecular formula is C10H9BrN2. The van der Waals surface area contributed by atoms with E-state index in [1.807, 2.05) is 28.9 Å². The minimum atomic E-state index is 0.814. The number of hydrogen-bond acceptors (Lipinski definition) is 1. The lowest BCUT2D eigenvalue weighted by Gasteiger charge is -2.02. The van der Waals surface area contributed by atoms with Gasteiger partial charge in [0.25, 0.3) is 0 Å². The van der Waals surface area contributed by atoms with Crippen molar-refractivity contribution in [1.29, 1.82) is 0 Å². The molecule has 1 heterocycles. The van der Waals surface area contributed by atoms with E-state index in [4.69, 9.17) is 0 Å². The number of aromatic nitrogens is 2. The fraction of sp³-hybridized carbons (Fsp3) is 0.100. The van der Waals surface area contributed by atoms with Gasteiger partial charge in [0.15, 0.2) is 0 Å².